The van der Waals surface area contributed by atoms with Crippen molar-refractivity contribution in [3.63, 3.8) is 0 Å². The molecule has 0 spiro atoms. The first-order valence-electron chi connectivity index (χ1n) is 7.78. The average Bonchev–Trinajstić information content (AvgIpc) is 3.14. The van der Waals surface area contributed by atoms with Gasteiger partial charge in [0.15, 0.2) is 0 Å². The molecular formula is C18H15BrN4O2S. The van der Waals surface area contributed by atoms with Crippen molar-refractivity contribution in [1.29, 1.82) is 0 Å². The summed E-state index contributed by atoms with van der Waals surface area (Å²) in [5.74, 6) is -0.240. The van der Waals surface area contributed by atoms with Crippen LogP contribution in [-0.4, -0.2) is 20.6 Å². The Balaban J connectivity index is 2.33. The molecular weight excluding hydrogens is 416 g/mol. The highest BCUT2D eigenvalue weighted by Crippen LogP contribution is 2.42. The second kappa shape index (κ2) is 5.72. The minimum atomic E-state index is -0.625. The number of primary amides is 1. The summed E-state index contributed by atoms with van der Waals surface area (Å²) in [5, 5.41) is 12.7. The molecule has 0 aliphatic rings. The first-order valence-corrected chi connectivity index (χ1v) is 9.46. The Hall–Kier alpha value is -2.58. The second-order valence-corrected chi connectivity index (χ2v) is 7.76. The maximum Gasteiger partial charge on any atom is 0.253 e. The van der Waals surface area contributed by atoms with Gasteiger partial charge in [0.2, 0.25) is 0 Å². The van der Waals surface area contributed by atoms with Gasteiger partial charge in [-0.3, -0.25) is 9.36 Å². The van der Waals surface area contributed by atoms with Crippen molar-refractivity contribution in [2.75, 3.05) is 5.73 Å². The fourth-order valence-corrected chi connectivity index (χ4v) is 4.84. The van der Waals surface area contributed by atoms with Crippen LogP contribution in [-0.2, 0) is 0 Å². The van der Waals surface area contributed by atoms with Gasteiger partial charge in [-0.1, -0.05) is 6.07 Å². The van der Waals surface area contributed by atoms with Crippen molar-refractivity contribution >= 4 is 60.1 Å². The Kier molecular flexibility index (Phi) is 3.71. The molecule has 0 unspecified atom stereocenters. The molecule has 0 aliphatic carbocycles. The first-order chi connectivity index (χ1) is 12.3. The number of benzene rings is 1. The second-order valence-electron chi connectivity index (χ2n) is 6.10. The normalized spacial score (nSPS) is 11.5. The summed E-state index contributed by atoms with van der Waals surface area (Å²) in [6.45, 7) is 3.74. The quantitative estimate of drug-likeness (QED) is 0.417. The largest absolute Gasteiger partial charge is 0.508 e. The molecule has 0 aliphatic heterocycles. The van der Waals surface area contributed by atoms with Crippen LogP contribution in [0.5, 0.6) is 5.75 Å². The van der Waals surface area contributed by atoms with Gasteiger partial charge in [-0.05, 0) is 52.9 Å². The third kappa shape index (κ3) is 2.15. The maximum absolute atomic E-state index is 12.2. The molecule has 0 fully saturated rings. The van der Waals surface area contributed by atoms with Crippen molar-refractivity contribution in [2.45, 2.75) is 13.8 Å². The zero-order valence-corrected chi connectivity index (χ0v) is 16.4. The summed E-state index contributed by atoms with van der Waals surface area (Å²) in [6.07, 6.45) is 0. The standard InChI is InChI=1S/C18H15BrN4O2S/c1-7-3-4-10(24)8(2)13(7)23-14-11(12(17(23)20)18(21)25)16(19)22-9-5-6-26-15(9)14/h3-6,24H,20H2,1-2H3,(H2,21,25). The minimum absolute atomic E-state index is 0.156. The van der Waals surface area contributed by atoms with E-state index in [-0.39, 0.29) is 17.1 Å². The number of aryl methyl sites for hydroxylation is 1. The number of carbonyl (C=O) groups excluding carboxylic acids is 1. The highest BCUT2D eigenvalue weighted by molar-refractivity contribution is 9.10. The summed E-state index contributed by atoms with van der Waals surface area (Å²) in [5.41, 5.74) is 16.1. The number of aromatic nitrogens is 2. The van der Waals surface area contributed by atoms with Crippen LogP contribution in [0.25, 0.3) is 26.8 Å². The van der Waals surface area contributed by atoms with Crippen molar-refractivity contribution in [3.8, 4) is 11.4 Å². The van der Waals surface area contributed by atoms with Gasteiger partial charge in [0.25, 0.3) is 5.91 Å². The van der Waals surface area contributed by atoms with Gasteiger partial charge in [0.1, 0.15) is 16.2 Å². The molecule has 3 aromatic heterocycles. The molecule has 8 heteroatoms. The molecule has 5 N–H and O–H groups in total. The van der Waals surface area contributed by atoms with E-state index in [1.54, 1.807) is 10.6 Å². The molecule has 26 heavy (non-hydrogen) atoms. The molecule has 1 amide bonds. The number of rotatable bonds is 2. The molecule has 0 atom stereocenters. The van der Waals surface area contributed by atoms with Gasteiger partial charge in [0.05, 0.1) is 27.0 Å². The number of halogens is 1. The summed E-state index contributed by atoms with van der Waals surface area (Å²) < 4.78 is 3.20. The number of anilines is 1. The summed E-state index contributed by atoms with van der Waals surface area (Å²) in [4.78, 5) is 16.7. The third-order valence-electron chi connectivity index (χ3n) is 4.57. The number of carbonyl (C=O) groups is 1. The minimum Gasteiger partial charge on any atom is -0.508 e. The van der Waals surface area contributed by atoms with Crippen LogP contribution in [0, 0.1) is 13.8 Å². The first kappa shape index (κ1) is 16.9. The van der Waals surface area contributed by atoms with E-state index in [1.807, 2.05) is 31.4 Å². The number of phenols is 1. The SMILES string of the molecule is Cc1ccc(O)c(C)c1-n1c(N)c(C(N)=O)c2c(Br)nc3ccsc3c21. The van der Waals surface area contributed by atoms with Gasteiger partial charge in [-0.2, -0.15) is 0 Å². The fourth-order valence-electron chi connectivity index (χ4n) is 3.39. The molecule has 0 saturated heterocycles. The van der Waals surface area contributed by atoms with E-state index in [0.717, 1.165) is 27.0 Å². The van der Waals surface area contributed by atoms with Crippen molar-refractivity contribution in [3.05, 3.63) is 44.9 Å². The number of amides is 1. The number of fused-ring (bicyclic) bond motifs is 3. The number of aromatic hydroxyl groups is 1. The number of nitrogens with zero attached hydrogens (tertiary/aromatic N) is 2. The number of phenolic OH excluding ortho intramolecular Hbond substituents is 1. The Bertz CT molecular complexity index is 1230. The summed E-state index contributed by atoms with van der Waals surface area (Å²) in [7, 11) is 0. The van der Waals surface area contributed by atoms with Crippen molar-refractivity contribution in [2.24, 2.45) is 5.73 Å². The molecule has 0 radical (unpaired) electrons. The van der Waals surface area contributed by atoms with Crippen LogP contribution in [0.4, 0.5) is 5.82 Å². The highest BCUT2D eigenvalue weighted by atomic mass is 79.9. The maximum atomic E-state index is 12.2. The Morgan fingerprint density at radius 2 is 2.04 bits per heavy atom. The van der Waals surface area contributed by atoms with Gasteiger partial charge in [0, 0.05) is 10.9 Å². The lowest BCUT2D eigenvalue weighted by atomic mass is 10.1. The lowest BCUT2D eigenvalue weighted by molar-refractivity contribution is 0.100. The summed E-state index contributed by atoms with van der Waals surface area (Å²) >= 11 is 4.97. The predicted molar refractivity (Wildman–Crippen MR) is 108 cm³/mol. The molecule has 4 rings (SSSR count). The number of nitrogen functional groups attached to an aromatic ring is 1. The smallest absolute Gasteiger partial charge is 0.253 e. The number of pyridine rings is 1. The van der Waals surface area contributed by atoms with Crippen LogP contribution in [0.2, 0.25) is 0 Å². The monoisotopic (exact) mass is 430 g/mol. The van der Waals surface area contributed by atoms with Crippen molar-refractivity contribution in [1.82, 2.24) is 9.55 Å². The predicted octanol–water partition coefficient (Wildman–Crippen LogP) is 4.01. The van der Waals surface area contributed by atoms with E-state index in [9.17, 15) is 9.90 Å². The van der Waals surface area contributed by atoms with Crippen LogP contribution >= 0.6 is 27.3 Å². The van der Waals surface area contributed by atoms with E-state index in [1.165, 1.54) is 11.3 Å². The number of hydrogen-bond acceptors (Lipinski definition) is 5. The lowest BCUT2D eigenvalue weighted by Gasteiger charge is -2.16. The van der Waals surface area contributed by atoms with E-state index >= 15 is 0 Å². The Labute approximate surface area is 161 Å². The third-order valence-corrected chi connectivity index (χ3v) is 6.05. The van der Waals surface area contributed by atoms with Crippen LogP contribution in [0.3, 0.4) is 0 Å². The molecule has 1 aromatic carbocycles. The van der Waals surface area contributed by atoms with Gasteiger partial charge < -0.3 is 16.6 Å². The van der Waals surface area contributed by atoms with Crippen LogP contribution in [0.15, 0.2) is 28.2 Å². The van der Waals surface area contributed by atoms with E-state index in [2.05, 4.69) is 20.9 Å². The molecule has 0 bridgehead atoms. The van der Waals surface area contributed by atoms with Gasteiger partial charge in [-0.15, -0.1) is 11.3 Å². The zero-order valence-electron chi connectivity index (χ0n) is 14.0. The van der Waals surface area contributed by atoms with Crippen LogP contribution in [0.1, 0.15) is 21.5 Å². The summed E-state index contributed by atoms with van der Waals surface area (Å²) in [6, 6.07) is 5.36. The number of nitrogens with two attached hydrogens (primary N) is 2. The van der Waals surface area contributed by atoms with Gasteiger partial charge >= 0.3 is 0 Å². The molecule has 4 aromatic rings. The number of hydrogen-bond donors (Lipinski definition) is 3. The molecule has 0 saturated carbocycles. The number of thiophene rings is 1. The topological polar surface area (TPSA) is 107 Å². The Morgan fingerprint density at radius 1 is 1.31 bits per heavy atom. The van der Waals surface area contributed by atoms with Gasteiger partial charge in [-0.25, -0.2) is 4.98 Å². The average molecular weight is 431 g/mol. The molecule has 6 nitrogen and oxygen atoms in total. The van der Waals surface area contributed by atoms with E-state index in [0.29, 0.717) is 15.6 Å². The Morgan fingerprint density at radius 3 is 2.73 bits per heavy atom. The van der Waals surface area contributed by atoms with Crippen molar-refractivity contribution < 1.29 is 9.90 Å². The van der Waals surface area contributed by atoms with E-state index in [4.69, 9.17) is 11.5 Å². The highest BCUT2D eigenvalue weighted by Gasteiger charge is 2.27. The molecule has 132 valence electrons. The van der Waals surface area contributed by atoms with E-state index < -0.39 is 5.91 Å². The van der Waals surface area contributed by atoms with Crippen LogP contribution < -0.4 is 11.5 Å². The zero-order chi connectivity index (χ0) is 18.7. The molecule has 3 heterocycles. The lowest BCUT2D eigenvalue weighted by Crippen LogP contribution is -2.14. The fraction of sp³-hybridized carbons (Fsp3) is 0.111.